The number of nitrogens with one attached hydrogen (secondary N) is 1. The SMILES string of the molecule is C=CC(CCCCC)C1=CCC(C2CCC(C(C)C/C=C(\CNc3ccccc3)C3=CC=C(C4=CC=CCC4)CC3)=C3C=CC=CC32)C=C1. The van der Waals surface area contributed by atoms with Gasteiger partial charge in [-0.1, -0.05) is 142 Å². The van der Waals surface area contributed by atoms with Crippen LogP contribution in [-0.2, 0) is 0 Å². The Labute approximate surface area is 298 Å². The quantitative estimate of drug-likeness (QED) is 0.147. The highest BCUT2D eigenvalue weighted by atomic mass is 14.9. The van der Waals surface area contributed by atoms with Gasteiger partial charge in [0.1, 0.15) is 0 Å². The first-order valence-electron chi connectivity index (χ1n) is 19.5. The summed E-state index contributed by atoms with van der Waals surface area (Å²) in [5, 5.41) is 3.73. The molecular formula is C48H59N. The molecule has 5 unspecified atom stereocenters. The largest absolute Gasteiger partial charge is 0.381 e. The van der Waals surface area contributed by atoms with Crippen molar-refractivity contribution in [3.05, 3.63) is 161 Å². The number of fused-ring (bicyclic) bond motifs is 1. The van der Waals surface area contributed by atoms with E-state index < -0.39 is 0 Å². The van der Waals surface area contributed by atoms with Crippen LogP contribution in [0.3, 0.4) is 0 Å². The van der Waals surface area contributed by atoms with Crippen LogP contribution in [0.5, 0.6) is 0 Å². The van der Waals surface area contributed by atoms with Crippen LogP contribution in [0, 0.1) is 29.6 Å². The minimum Gasteiger partial charge on any atom is -0.381 e. The van der Waals surface area contributed by atoms with Gasteiger partial charge in [-0.05, 0) is 121 Å². The Hall–Kier alpha value is -3.84. The molecule has 5 aliphatic rings. The van der Waals surface area contributed by atoms with E-state index >= 15 is 0 Å². The van der Waals surface area contributed by atoms with Gasteiger partial charge in [0.05, 0.1) is 0 Å². The van der Waals surface area contributed by atoms with Crippen LogP contribution in [0.2, 0.25) is 0 Å². The number of para-hydroxylation sites is 1. The highest BCUT2D eigenvalue weighted by Crippen LogP contribution is 2.47. The fourth-order valence-corrected chi connectivity index (χ4v) is 8.76. The summed E-state index contributed by atoms with van der Waals surface area (Å²) in [6.45, 7) is 9.82. The monoisotopic (exact) mass is 649 g/mol. The zero-order valence-electron chi connectivity index (χ0n) is 30.3. The second-order valence-corrected chi connectivity index (χ2v) is 14.9. The summed E-state index contributed by atoms with van der Waals surface area (Å²) >= 11 is 0. The van der Waals surface area contributed by atoms with Crippen molar-refractivity contribution in [2.24, 2.45) is 29.6 Å². The molecule has 0 radical (unpaired) electrons. The van der Waals surface area contributed by atoms with Crippen molar-refractivity contribution < 1.29 is 0 Å². The van der Waals surface area contributed by atoms with Crippen molar-refractivity contribution in [2.75, 3.05) is 11.9 Å². The lowest BCUT2D eigenvalue weighted by molar-refractivity contribution is 0.289. The van der Waals surface area contributed by atoms with Gasteiger partial charge < -0.3 is 5.32 Å². The van der Waals surface area contributed by atoms with E-state index in [1.165, 1.54) is 91.3 Å². The molecule has 5 aliphatic carbocycles. The first-order valence-corrected chi connectivity index (χ1v) is 19.5. The summed E-state index contributed by atoms with van der Waals surface area (Å²) in [4.78, 5) is 0. The average Bonchev–Trinajstić information content (AvgIpc) is 3.17. The molecule has 0 amide bonds. The molecule has 1 heteroatoms. The molecule has 256 valence electrons. The van der Waals surface area contributed by atoms with Crippen molar-refractivity contribution in [1.82, 2.24) is 0 Å². The highest BCUT2D eigenvalue weighted by molar-refractivity contribution is 5.50. The maximum absolute atomic E-state index is 4.18. The second-order valence-electron chi connectivity index (χ2n) is 14.9. The number of hydrogen-bond acceptors (Lipinski definition) is 1. The lowest BCUT2D eigenvalue weighted by Gasteiger charge is -2.40. The third kappa shape index (κ3) is 9.04. The van der Waals surface area contributed by atoms with Crippen molar-refractivity contribution in [3.63, 3.8) is 0 Å². The fraction of sp³-hybridized carbons (Fsp3) is 0.417. The van der Waals surface area contributed by atoms with Crippen molar-refractivity contribution in [1.29, 1.82) is 0 Å². The van der Waals surface area contributed by atoms with Gasteiger partial charge in [0.25, 0.3) is 0 Å². The molecule has 1 aromatic carbocycles. The van der Waals surface area contributed by atoms with Gasteiger partial charge in [0, 0.05) is 24.1 Å². The van der Waals surface area contributed by atoms with Gasteiger partial charge in [-0.25, -0.2) is 0 Å². The molecule has 0 saturated carbocycles. The van der Waals surface area contributed by atoms with Crippen LogP contribution < -0.4 is 5.32 Å². The maximum atomic E-state index is 4.18. The smallest absolute Gasteiger partial charge is 0.0400 e. The van der Waals surface area contributed by atoms with E-state index in [1.54, 1.807) is 11.1 Å². The minimum atomic E-state index is 0.505. The van der Waals surface area contributed by atoms with E-state index in [1.807, 2.05) is 0 Å². The molecule has 1 N–H and O–H groups in total. The minimum absolute atomic E-state index is 0.505. The lowest BCUT2D eigenvalue weighted by atomic mass is 9.65. The third-order valence-electron chi connectivity index (χ3n) is 11.7. The van der Waals surface area contributed by atoms with E-state index in [0.29, 0.717) is 29.6 Å². The lowest BCUT2D eigenvalue weighted by Crippen LogP contribution is -2.29. The van der Waals surface area contributed by atoms with Gasteiger partial charge in [-0.3, -0.25) is 0 Å². The normalized spacial score (nSPS) is 24.8. The molecule has 0 saturated heterocycles. The number of hydrogen-bond donors (Lipinski definition) is 1. The van der Waals surface area contributed by atoms with E-state index in [-0.39, 0.29) is 0 Å². The Balaban J connectivity index is 1.16. The molecule has 0 heterocycles. The fourth-order valence-electron chi connectivity index (χ4n) is 8.76. The summed E-state index contributed by atoms with van der Waals surface area (Å²) in [6, 6.07) is 10.7. The predicted octanol–water partition coefficient (Wildman–Crippen LogP) is 13.3. The summed E-state index contributed by atoms with van der Waals surface area (Å²) in [7, 11) is 0. The van der Waals surface area contributed by atoms with Crippen molar-refractivity contribution in [2.45, 2.75) is 90.9 Å². The molecule has 5 atom stereocenters. The molecule has 0 aliphatic heterocycles. The number of anilines is 1. The topological polar surface area (TPSA) is 12.0 Å². The van der Waals surface area contributed by atoms with Crippen LogP contribution >= 0.6 is 0 Å². The Bertz CT molecular complexity index is 1610. The Morgan fingerprint density at radius 1 is 0.939 bits per heavy atom. The number of allylic oxidation sites excluding steroid dienone is 19. The second kappa shape index (κ2) is 17.7. The molecule has 0 fully saturated rings. The average molecular weight is 650 g/mol. The zero-order valence-corrected chi connectivity index (χ0v) is 30.3. The Kier molecular flexibility index (Phi) is 12.6. The third-order valence-corrected chi connectivity index (χ3v) is 11.7. The van der Waals surface area contributed by atoms with Crippen LogP contribution in [0.25, 0.3) is 0 Å². The zero-order chi connectivity index (χ0) is 33.8. The molecule has 0 bridgehead atoms. The summed E-state index contributed by atoms with van der Waals surface area (Å²) in [5.74, 6) is 2.85. The van der Waals surface area contributed by atoms with Crippen molar-refractivity contribution in [3.8, 4) is 0 Å². The summed E-state index contributed by atoms with van der Waals surface area (Å²) in [6.07, 6.45) is 48.0. The molecule has 0 aromatic heterocycles. The van der Waals surface area contributed by atoms with E-state index in [9.17, 15) is 0 Å². The summed E-state index contributed by atoms with van der Waals surface area (Å²) in [5.41, 5.74) is 12.0. The first kappa shape index (κ1) is 35.0. The van der Waals surface area contributed by atoms with Gasteiger partial charge >= 0.3 is 0 Å². The van der Waals surface area contributed by atoms with Gasteiger partial charge in [-0.2, -0.15) is 0 Å². The van der Waals surface area contributed by atoms with Crippen LogP contribution in [0.15, 0.2) is 161 Å². The van der Waals surface area contributed by atoms with Gasteiger partial charge in [0.2, 0.25) is 0 Å². The Morgan fingerprint density at radius 2 is 1.82 bits per heavy atom. The molecule has 1 nitrogen and oxygen atoms in total. The van der Waals surface area contributed by atoms with E-state index in [4.69, 9.17) is 0 Å². The Morgan fingerprint density at radius 3 is 2.55 bits per heavy atom. The number of rotatable bonds is 15. The highest BCUT2D eigenvalue weighted by Gasteiger charge is 2.35. The van der Waals surface area contributed by atoms with Crippen LogP contribution in [-0.4, -0.2) is 6.54 Å². The van der Waals surface area contributed by atoms with Gasteiger partial charge in [0.15, 0.2) is 0 Å². The number of unbranched alkanes of at least 4 members (excludes halogenated alkanes) is 2. The molecule has 49 heavy (non-hydrogen) atoms. The van der Waals surface area contributed by atoms with Crippen molar-refractivity contribution >= 4 is 5.69 Å². The maximum Gasteiger partial charge on any atom is 0.0400 e. The standard InChI is InChI=1S/C48H59N/c1-4-6-9-16-37(5-2)39-29-31-42(32-30-39)46-34-33-45(47-21-14-15-22-48(46)47)36(3)23-24-43(35-49-44-19-12-8-13-20-44)41-27-25-40(26-28-41)38-17-10-7-11-18-38/h5,7-8,10,12-15,17,19-22,24-25,27,29-31,36-37,42,46,48-49H,2,4,6,9,11,16,18,23,26,28,32-35H2,1,3H3/b43-24+. The molecular weight excluding hydrogens is 591 g/mol. The van der Waals surface area contributed by atoms with Gasteiger partial charge in [-0.15, -0.1) is 6.58 Å². The van der Waals surface area contributed by atoms with E-state index in [0.717, 1.165) is 25.8 Å². The molecule has 6 rings (SSSR count). The van der Waals surface area contributed by atoms with Crippen LogP contribution in [0.1, 0.15) is 90.9 Å². The first-order chi connectivity index (χ1) is 24.1. The molecule has 0 spiro atoms. The van der Waals surface area contributed by atoms with E-state index in [2.05, 4.69) is 141 Å². The molecule has 1 aromatic rings. The summed E-state index contributed by atoms with van der Waals surface area (Å²) < 4.78 is 0. The van der Waals surface area contributed by atoms with Crippen LogP contribution in [0.4, 0.5) is 5.69 Å². The number of benzene rings is 1. The predicted molar refractivity (Wildman–Crippen MR) is 213 cm³/mol.